The SMILES string of the molecule is FC(F)(F)Oc1ccc(C2(c3cccc(Br)c3)NC(=S)N3CCCCC/N=C\32)cc1. The molecule has 0 aliphatic carbocycles. The molecule has 1 atom stereocenters. The van der Waals surface area contributed by atoms with Crippen molar-refractivity contribution in [3.63, 3.8) is 0 Å². The van der Waals surface area contributed by atoms with Crippen LogP contribution >= 0.6 is 28.1 Å². The summed E-state index contributed by atoms with van der Waals surface area (Å²) in [5.41, 5.74) is 0.736. The monoisotopic (exact) mass is 497 g/mol. The number of ether oxygens (including phenoxy) is 1. The zero-order chi connectivity index (χ0) is 21.4. The van der Waals surface area contributed by atoms with Gasteiger partial charge >= 0.3 is 6.36 Å². The Morgan fingerprint density at radius 1 is 1.07 bits per heavy atom. The first-order chi connectivity index (χ1) is 14.3. The van der Waals surface area contributed by atoms with Crippen LogP contribution in [0, 0.1) is 0 Å². The van der Waals surface area contributed by atoms with Gasteiger partial charge in [-0.1, -0.05) is 40.2 Å². The molecule has 2 heterocycles. The lowest BCUT2D eigenvalue weighted by atomic mass is 9.82. The molecular formula is C21H19BrF3N3OS. The lowest BCUT2D eigenvalue weighted by Crippen LogP contribution is -2.45. The molecular weight excluding hydrogens is 479 g/mol. The highest BCUT2D eigenvalue weighted by Crippen LogP contribution is 2.39. The molecule has 0 aromatic heterocycles. The number of halogens is 4. The van der Waals surface area contributed by atoms with Crippen LogP contribution in [0.2, 0.25) is 0 Å². The fourth-order valence-electron chi connectivity index (χ4n) is 3.93. The number of rotatable bonds is 3. The Kier molecular flexibility index (Phi) is 5.76. The minimum absolute atomic E-state index is 0.271. The van der Waals surface area contributed by atoms with Crippen LogP contribution < -0.4 is 10.1 Å². The molecule has 0 amide bonds. The number of nitrogens with one attached hydrogen (secondary N) is 1. The van der Waals surface area contributed by atoms with Crippen molar-refractivity contribution in [2.75, 3.05) is 13.1 Å². The van der Waals surface area contributed by atoms with E-state index in [9.17, 15) is 13.2 Å². The summed E-state index contributed by atoms with van der Waals surface area (Å²) in [5.74, 6) is 0.502. The third-order valence-corrected chi connectivity index (χ3v) is 6.03. The largest absolute Gasteiger partial charge is 0.573 e. The van der Waals surface area contributed by atoms with E-state index in [2.05, 4.69) is 26.0 Å². The first-order valence-electron chi connectivity index (χ1n) is 9.56. The molecule has 1 fully saturated rings. The first-order valence-corrected chi connectivity index (χ1v) is 10.8. The maximum atomic E-state index is 12.6. The standard InChI is InChI=1S/C21H19BrF3N3OS/c22-16-6-4-5-15(13-16)20(14-7-9-17(10-8-14)29-21(23,24)25)18-26-11-2-1-3-12-28(18)19(30)27-20/h4-10,13H,1-3,11-12H2,(H,27,30)/b26-18-. The lowest BCUT2D eigenvalue weighted by Gasteiger charge is -2.32. The van der Waals surface area contributed by atoms with Crippen LogP contribution in [0.3, 0.4) is 0 Å². The number of aliphatic imine (C=N–C) groups is 1. The summed E-state index contributed by atoms with van der Waals surface area (Å²) >= 11 is 9.17. The Balaban J connectivity index is 1.86. The quantitative estimate of drug-likeness (QED) is 0.578. The molecule has 0 radical (unpaired) electrons. The highest BCUT2D eigenvalue weighted by Gasteiger charge is 2.50. The second-order valence-electron chi connectivity index (χ2n) is 7.18. The summed E-state index contributed by atoms with van der Waals surface area (Å²) in [6.45, 7) is 1.41. The van der Waals surface area contributed by atoms with Crippen molar-refractivity contribution in [1.29, 1.82) is 0 Å². The summed E-state index contributed by atoms with van der Waals surface area (Å²) in [4.78, 5) is 6.89. The third-order valence-electron chi connectivity index (χ3n) is 5.21. The average molecular weight is 498 g/mol. The van der Waals surface area contributed by atoms with E-state index in [1.54, 1.807) is 12.1 Å². The zero-order valence-electron chi connectivity index (χ0n) is 15.9. The molecule has 0 bridgehead atoms. The molecule has 30 heavy (non-hydrogen) atoms. The Labute approximate surface area is 186 Å². The topological polar surface area (TPSA) is 36.9 Å². The van der Waals surface area contributed by atoms with Gasteiger partial charge in [0.1, 0.15) is 17.1 Å². The molecule has 1 unspecified atom stereocenters. The van der Waals surface area contributed by atoms with E-state index in [0.29, 0.717) is 11.7 Å². The second-order valence-corrected chi connectivity index (χ2v) is 8.48. The van der Waals surface area contributed by atoms with E-state index >= 15 is 0 Å². The maximum Gasteiger partial charge on any atom is 0.573 e. The predicted octanol–water partition coefficient (Wildman–Crippen LogP) is 5.36. The molecule has 0 saturated carbocycles. The van der Waals surface area contributed by atoms with Crippen molar-refractivity contribution >= 4 is 39.1 Å². The first kappa shape index (κ1) is 21.1. The maximum absolute atomic E-state index is 12.6. The molecule has 4 nitrogen and oxygen atoms in total. The fraction of sp³-hybridized carbons (Fsp3) is 0.333. The van der Waals surface area contributed by atoms with Crippen molar-refractivity contribution < 1.29 is 17.9 Å². The van der Waals surface area contributed by atoms with Crippen molar-refractivity contribution in [1.82, 2.24) is 10.2 Å². The van der Waals surface area contributed by atoms with Gasteiger partial charge in [0.15, 0.2) is 5.11 Å². The molecule has 158 valence electrons. The van der Waals surface area contributed by atoms with Crippen LogP contribution in [0.4, 0.5) is 13.2 Å². The smallest absolute Gasteiger partial charge is 0.406 e. The fourth-order valence-corrected chi connectivity index (χ4v) is 4.66. The Hall–Kier alpha value is -2.13. The third kappa shape index (κ3) is 4.05. The Bertz CT molecular complexity index is 980. The average Bonchev–Trinajstić information content (AvgIpc) is 2.92. The predicted molar refractivity (Wildman–Crippen MR) is 117 cm³/mol. The molecule has 9 heteroatoms. The summed E-state index contributed by atoms with van der Waals surface area (Å²) < 4.78 is 42.7. The van der Waals surface area contributed by atoms with Crippen LogP contribution in [0.25, 0.3) is 0 Å². The molecule has 2 aliphatic rings. The summed E-state index contributed by atoms with van der Waals surface area (Å²) in [5, 5.41) is 4.00. The van der Waals surface area contributed by atoms with Gasteiger partial charge in [-0.05, 0) is 66.9 Å². The number of alkyl halides is 3. The van der Waals surface area contributed by atoms with Gasteiger partial charge in [-0.25, -0.2) is 0 Å². The van der Waals surface area contributed by atoms with Crippen LogP contribution in [0.5, 0.6) is 5.75 Å². The number of hydrogen-bond acceptors (Lipinski definition) is 3. The summed E-state index contributed by atoms with van der Waals surface area (Å²) in [6, 6.07) is 13.7. The molecule has 1 saturated heterocycles. The van der Waals surface area contributed by atoms with E-state index in [4.69, 9.17) is 17.2 Å². The molecule has 2 aromatic carbocycles. The van der Waals surface area contributed by atoms with Crippen LogP contribution in [0.1, 0.15) is 30.4 Å². The van der Waals surface area contributed by atoms with E-state index < -0.39 is 11.9 Å². The van der Waals surface area contributed by atoms with Gasteiger partial charge in [-0.2, -0.15) is 0 Å². The molecule has 2 aromatic rings. The Morgan fingerprint density at radius 2 is 1.83 bits per heavy atom. The van der Waals surface area contributed by atoms with Gasteiger partial charge in [0, 0.05) is 17.6 Å². The van der Waals surface area contributed by atoms with Crippen molar-refractivity contribution in [3.8, 4) is 5.75 Å². The van der Waals surface area contributed by atoms with Crippen molar-refractivity contribution in [2.45, 2.75) is 31.2 Å². The van der Waals surface area contributed by atoms with E-state index in [-0.39, 0.29) is 5.75 Å². The second kappa shape index (κ2) is 8.19. The lowest BCUT2D eigenvalue weighted by molar-refractivity contribution is -0.274. The molecule has 0 spiro atoms. The minimum Gasteiger partial charge on any atom is -0.406 e. The van der Waals surface area contributed by atoms with Crippen LogP contribution in [0.15, 0.2) is 58.0 Å². The highest BCUT2D eigenvalue weighted by atomic mass is 79.9. The number of hydrogen-bond donors (Lipinski definition) is 1. The van der Waals surface area contributed by atoms with Gasteiger partial charge in [-0.15, -0.1) is 13.2 Å². The van der Waals surface area contributed by atoms with E-state index in [1.807, 2.05) is 29.2 Å². The number of benzene rings is 2. The number of amidine groups is 1. The molecule has 2 aliphatic heterocycles. The van der Waals surface area contributed by atoms with Gasteiger partial charge < -0.3 is 15.0 Å². The summed E-state index contributed by atoms with van der Waals surface area (Å²) in [6.07, 6.45) is -1.69. The normalized spacial score (nSPS) is 23.7. The number of nitrogens with zero attached hydrogens (tertiary/aromatic N) is 2. The van der Waals surface area contributed by atoms with E-state index in [1.165, 1.54) is 12.1 Å². The van der Waals surface area contributed by atoms with Gasteiger partial charge in [0.25, 0.3) is 0 Å². The molecule has 1 N–H and O–H groups in total. The van der Waals surface area contributed by atoms with Crippen molar-refractivity contribution in [3.05, 3.63) is 64.1 Å². The van der Waals surface area contributed by atoms with Crippen LogP contribution in [-0.4, -0.2) is 35.3 Å². The Morgan fingerprint density at radius 3 is 2.53 bits per heavy atom. The number of fused-ring (bicyclic) bond motifs is 1. The van der Waals surface area contributed by atoms with E-state index in [0.717, 1.165) is 47.2 Å². The van der Waals surface area contributed by atoms with Gasteiger partial charge in [-0.3, -0.25) is 4.99 Å². The highest BCUT2D eigenvalue weighted by molar-refractivity contribution is 9.10. The summed E-state index contributed by atoms with van der Waals surface area (Å²) in [7, 11) is 0. The van der Waals surface area contributed by atoms with Crippen LogP contribution in [-0.2, 0) is 5.54 Å². The minimum atomic E-state index is -4.74. The van der Waals surface area contributed by atoms with Gasteiger partial charge in [0.05, 0.1) is 0 Å². The van der Waals surface area contributed by atoms with Crippen molar-refractivity contribution in [2.24, 2.45) is 4.99 Å². The van der Waals surface area contributed by atoms with Gasteiger partial charge in [0.2, 0.25) is 0 Å². The zero-order valence-corrected chi connectivity index (χ0v) is 18.3. The molecule has 4 rings (SSSR count). The number of thiocarbonyl (C=S) groups is 1.